The van der Waals surface area contributed by atoms with Crippen LogP contribution >= 0.6 is 11.3 Å². The monoisotopic (exact) mass is 324 g/mol. The summed E-state index contributed by atoms with van der Waals surface area (Å²) in [7, 11) is 0. The number of aromatic nitrogens is 1. The van der Waals surface area contributed by atoms with Gasteiger partial charge in [0.15, 0.2) is 5.13 Å². The second-order valence-electron chi connectivity index (χ2n) is 5.16. The minimum absolute atomic E-state index is 0.0171. The predicted molar refractivity (Wildman–Crippen MR) is 91.1 cm³/mol. The van der Waals surface area contributed by atoms with Crippen LogP contribution in [0.2, 0.25) is 0 Å². The van der Waals surface area contributed by atoms with Crippen molar-refractivity contribution in [1.82, 2.24) is 9.88 Å². The SMILES string of the molecule is N#Cc1ccccc1C=CC(=O)N1CCN(c2nccs2)CC1. The third-order valence-corrected chi connectivity index (χ3v) is 4.60. The van der Waals surface area contributed by atoms with E-state index in [9.17, 15) is 4.79 Å². The van der Waals surface area contributed by atoms with Gasteiger partial charge in [0.1, 0.15) is 0 Å². The third-order valence-electron chi connectivity index (χ3n) is 3.77. The molecular formula is C17H16N4OS. The highest BCUT2D eigenvalue weighted by Crippen LogP contribution is 2.19. The van der Waals surface area contributed by atoms with E-state index < -0.39 is 0 Å². The van der Waals surface area contributed by atoms with Crippen LogP contribution in [0.1, 0.15) is 11.1 Å². The highest BCUT2D eigenvalue weighted by atomic mass is 32.1. The zero-order chi connectivity index (χ0) is 16.1. The van der Waals surface area contributed by atoms with Gasteiger partial charge in [-0.3, -0.25) is 4.79 Å². The second kappa shape index (κ2) is 7.07. The van der Waals surface area contributed by atoms with Crippen molar-refractivity contribution < 1.29 is 4.79 Å². The molecule has 0 atom stereocenters. The number of benzene rings is 1. The predicted octanol–water partition coefficient (Wildman–Crippen LogP) is 2.38. The molecular weight excluding hydrogens is 308 g/mol. The van der Waals surface area contributed by atoms with Crippen LogP contribution in [0.15, 0.2) is 41.9 Å². The number of hydrogen-bond donors (Lipinski definition) is 0. The molecule has 1 aromatic carbocycles. The lowest BCUT2D eigenvalue weighted by atomic mass is 10.1. The Balaban J connectivity index is 1.59. The van der Waals surface area contributed by atoms with Crippen molar-refractivity contribution in [2.45, 2.75) is 0 Å². The molecule has 1 amide bonds. The van der Waals surface area contributed by atoms with Gasteiger partial charge in [-0.05, 0) is 17.7 Å². The van der Waals surface area contributed by atoms with Crippen molar-refractivity contribution in [3.05, 3.63) is 53.0 Å². The number of rotatable bonds is 3. The maximum absolute atomic E-state index is 12.3. The fourth-order valence-corrected chi connectivity index (χ4v) is 3.20. The van der Waals surface area contributed by atoms with Gasteiger partial charge in [-0.1, -0.05) is 18.2 Å². The molecule has 0 bridgehead atoms. The normalized spacial score (nSPS) is 14.9. The molecule has 1 fully saturated rings. The number of thiazole rings is 1. The number of piperazine rings is 1. The van der Waals surface area contributed by atoms with Gasteiger partial charge in [0.05, 0.1) is 11.6 Å². The van der Waals surface area contributed by atoms with Gasteiger partial charge in [0, 0.05) is 43.8 Å². The van der Waals surface area contributed by atoms with Crippen LogP contribution in [-0.4, -0.2) is 42.0 Å². The van der Waals surface area contributed by atoms with E-state index in [2.05, 4.69) is 16.0 Å². The van der Waals surface area contributed by atoms with Gasteiger partial charge in [0.2, 0.25) is 5.91 Å². The minimum atomic E-state index is -0.0171. The number of carbonyl (C=O) groups excluding carboxylic acids is 1. The molecule has 0 unspecified atom stereocenters. The fourth-order valence-electron chi connectivity index (χ4n) is 2.50. The van der Waals surface area contributed by atoms with Crippen LogP contribution in [0.5, 0.6) is 0 Å². The summed E-state index contributed by atoms with van der Waals surface area (Å²) in [6.07, 6.45) is 5.07. The number of nitrogens with zero attached hydrogens (tertiary/aromatic N) is 4. The van der Waals surface area contributed by atoms with Crippen LogP contribution in [0, 0.1) is 11.3 Å². The average molecular weight is 324 g/mol. The van der Waals surface area contributed by atoms with E-state index in [1.165, 1.54) is 0 Å². The van der Waals surface area contributed by atoms with Gasteiger partial charge in [-0.25, -0.2) is 4.98 Å². The molecule has 116 valence electrons. The summed E-state index contributed by atoms with van der Waals surface area (Å²) in [4.78, 5) is 20.6. The molecule has 0 spiro atoms. The Labute approximate surface area is 139 Å². The highest BCUT2D eigenvalue weighted by molar-refractivity contribution is 7.13. The molecule has 0 radical (unpaired) electrons. The van der Waals surface area contributed by atoms with Crippen LogP contribution in [0.3, 0.4) is 0 Å². The molecule has 2 aromatic rings. The zero-order valence-electron chi connectivity index (χ0n) is 12.6. The lowest BCUT2D eigenvalue weighted by Crippen LogP contribution is -2.48. The number of amides is 1. The highest BCUT2D eigenvalue weighted by Gasteiger charge is 2.20. The van der Waals surface area contributed by atoms with E-state index >= 15 is 0 Å². The molecule has 1 aliphatic heterocycles. The van der Waals surface area contributed by atoms with Crippen molar-refractivity contribution in [3.8, 4) is 6.07 Å². The van der Waals surface area contributed by atoms with Crippen molar-refractivity contribution in [2.24, 2.45) is 0 Å². The molecule has 23 heavy (non-hydrogen) atoms. The first-order valence-electron chi connectivity index (χ1n) is 7.38. The van der Waals surface area contributed by atoms with Crippen LogP contribution in [0.25, 0.3) is 6.08 Å². The first kappa shape index (κ1) is 15.3. The van der Waals surface area contributed by atoms with E-state index in [0.29, 0.717) is 18.7 Å². The van der Waals surface area contributed by atoms with Gasteiger partial charge in [0.25, 0.3) is 0 Å². The standard InChI is InChI=1S/C17H16N4OS/c18-13-15-4-2-1-3-14(15)5-6-16(22)20-8-10-21(11-9-20)17-19-7-12-23-17/h1-7,12H,8-11H2. The number of nitriles is 1. The summed E-state index contributed by atoms with van der Waals surface area (Å²) < 4.78 is 0. The lowest BCUT2D eigenvalue weighted by molar-refractivity contribution is -0.126. The first-order chi connectivity index (χ1) is 11.3. The molecule has 1 aromatic heterocycles. The molecule has 0 aliphatic carbocycles. The Morgan fingerprint density at radius 1 is 1.26 bits per heavy atom. The van der Waals surface area contributed by atoms with Crippen molar-refractivity contribution in [2.75, 3.05) is 31.1 Å². The Hall–Kier alpha value is -2.65. The zero-order valence-corrected chi connectivity index (χ0v) is 13.4. The van der Waals surface area contributed by atoms with Gasteiger partial charge >= 0.3 is 0 Å². The van der Waals surface area contributed by atoms with Crippen molar-refractivity contribution in [1.29, 1.82) is 5.26 Å². The topological polar surface area (TPSA) is 60.2 Å². The molecule has 3 rings (SSSR count). The molecule has 6 heteroatoms. The van der Waals surface area contributed by atoms with E-state index in [1.807, 2.05) is 28.5 Å². The average Bonchev–Trinajstić information content (AvgIpc) is 3.14. The van der Waals surface area contributed by atoms with E-state index in [-0.39, 0.29) is 5.91 Å². The van der Waals surface area contributed by atoms with Gasteiger partial charge in [-0.2, -0.15) is 5.26 Å². The maximum atomic E-state index is 12.3. The van der Waals surface area contributed by atoms with Crippen LogP contribution in [-0.2, 0) is 4.79 Å². The molecule has 0 saturated carbocycles. The smallest absolute Gasteiger partial charge is 0.246 e. The number of carbonyl (C=O) groups is 1. The maximum Gasteiger partial charge on any atom is 0.246 e. The van der Waals surface area contributed by atoms with Crippen molar-refractivity contribution in [3.63, 3.8) is 0 Å². The largest absolute Gasteiger partial charge is 0.345 e. The second-order valence-corrected chi connectivity index (χ2v) is 6.03. The number of anilines is 1. The summed E-state index contributed by atoms with van der Waals surface area (Å²) in [6.45, 7) is 2.95. The van der Waals surface area contributed by atoms with E-state index in [1.54, 1.807) is 35.8 Å². The Morgan fingerprint density at radius 3 is 2.74 bits per heavy atom. The quantitative estimate of drug-likeness (QED) is 0.813. The van der Waals surface area contributed by atoms with Gasteiger partial charge < -0.3 is 9.80 Å². The summed E-state index contributed by atoms with van der Waals surface area (Å²) >= 11 is 1.62. The Bertz CT molecular complexity index is 740. The minimum Gasteiger partial charge on any atom is -0.345 e. The molecule has 5 nitrogen and oxygen atoms in total. The summed E-state index contributed by atoms with van der Waals surface area (Å²) in [5.74, 6) is -0.0171. The molecule has 1 aliphatic rings. The van der Waals surface area contributed by atoms with E-state index in [0.717, 1.165) is 23.8 Å². The Morgan fingerprint density at radius 2 is 2.04 bits per heavy atom. The first-order valence-corrected chi connectivity index (χ1v) is 8.26. The van der Waals surface area contributed by atoms with Crippen LogP contribution in [0.4, 0.5) is 5.13 Å². The van der Waals surface area contributed by atoms with Crippen molar-refractivity contribution >= 4 is 28.5 Å². The molecule has 1 saturated heterocycles. The summed E-state index contributed by atoms with van der Waals surface area (Å²) in [5, 5.41) is 12.0. The van der Waals surface area contributed by atoms with E-state index in [4.69, 9.17) is 5.26 Å². The summed E-state index contributed by atoms with van der Waals surface area (Å²) in [5.41, 5.74) is 1.34. The third kappa shape index (κ3) is 3.58. The molecule has 0 N–H and O–H groups in total. The lowest BCUT2D eigenvalue weighted by Gasteiger charge is -2.34. The fraction of sp³-hybridized carbons (Fsp3) is 0.235. The Kier molecular flexibility index (Phi) is 4.69. The summed E-state index contributed by atoms with van der Waals surface area (Å²) in [6, 6.07) is 9.39. The molecule has 2 heterocycles. The number of hydrogen-bond acceptors (Lipinski definition) is 5. The van der Waals surface area contributed by atoms with Crippen LogP contribution < -0.4 is 4.90 Å². The van der Waals surface area contributed by atoms with Gasteiger partial charge in [-0.15, -0.1) is 11.3 Å².